The van der Waals surface area contributed by atoms with E-state index in [-0.39, 0.29) is 18.1 Å². The molecule has 0 saturated carbocycles. The lowest BCUT2D eigenvalue weighted by molar-refractivity contribution is -0.0257. The highest BCUT2D eigenvalue weighted by molar-refractivity contribution is 7.86. The first kappa shape index (κ1) is 41.0. The summed E-state index contributed by atoms with van der Waals surface area (Å²) in [5.74, 6) is 0. The van der Waals surface area contributed by atoms with Crippen LogP contribution in [0.4, 0.5) is 0 Å². The maximum Gasteiger partial charge on any atom is 0.297 e. The van der Waals surface area contributed by atoms with E-state index < -0.39 is 18.4 Å². The van der Waals surface area contributed by atoms with Gasteiger partial charge in [0.1, 0.15) is 0 Å². The molecule has 1 aromatic carbocycles. The van der Waals surface area contributed by atoms with Gasteiger partial charge in [-0.25, -0.2) is 0 Å². The van der Waals surface area contributed by atoms with Gasteiger partial charge in [-0.15, -0.1) is 0 Å². The Balaban J connectivity index is 1.68. The lowest BCUT2D eigenvalue weighted by atomic mass is 10.4. The summed E-state index contributed by atoms with van der Waals surface area (Å²) in [6.45, 7) is 15.4. The molecule has 0 aliphatic heterocycles. The molecule has 0 heterocycles. The zero-order valence-electron chi connectivity index (χ0n) is 26.7. The number of ether oxygens (including phenoxy) is 9. The monoisotopic (exact) mass is 670 g/mol. The minimum atomic E-state index is -3.75. The van der Waals surface area contributed by atoms with Gasteiger partial charge in [-0.2, -0.15) is 8.42 Å². The minimum Gasteiger partial charge on any atom is -0.415 e. The molecule has 0 aliphatic carbocycles. The van der Waals surface area contributed by atoms with E-state index in [0.717, 1.165) is 0 Å². The van der Waals surface area contributed by atoms with E-state index in [1.807, 2.05) is 0 Å². The molecule has 44 heavy (non-hydrogen) atoms. The number of hydrogen-bond acceptors (Lipinski definition) is 13. The van der Waals surface area contributed by atoms with Gasteiger partial charge in [0.2, 0.25) is 0 Å². The Kier molecular flexibility index (Phi) is 26.3. The zero-order chi connectivity index (χ0) is 32.0. The molecule has 1 rings (SSSR count). The van der Waals surface area contributed by atoms with Crippen LogP contribution >= 0.6 is 0 Å². The van der Waals surface area contributed by atoms with Gasteiger partial charge in [-0.3, -0.25) is 4.18 Å². The van der Waals surface area contributed by atoms with Crippen LogP contribution in [0.5, 0.6) is 0 Å². The molecule has 0 aliphatic rings. The van der Waals surface area contributed by atoms with Gasteiger partial charge in [0.25, 0.3) is 10.1 Å². The highest BCUT2D eigenvalue weighted by atomic mass is 32.2. The summed E-state index contributed by atoms with van der Waals surface area (Å²) in [6.07, 6.45) is 0. The molecule has 0 aromatic heterocycles. The van der Waals surface area contributed by atoms with Crippen molar-refractivity contribution in [1.82, 2.24) is 0 Å². The average molecular weight is 671 g/mol. The van der Waals surface area contributed by atoms with Crippen molar-refractivity contribution in [2.45, 2.75) is 24.5 Å². The van der Waals surface area contributed by atoms with E-state index in [4.69, 9.17) is 51.2 Å². The van der Waals surface area contributed by atoms with E-state index in [2.05, 4.69) is 19.6 Å². The van der Waals surface area contributed by atoms with Crippen molar-refractivity contribution in [3.8, 4) is 0 Å². The molecule has 0 bridgehead atoms. The Labute approximate surface area is 264 Å². The third-order valence-corrected chi connectivity index (χ3v) is 7.63. The first-order chi connectivity index (χ1) is 21.3. The van der Waals surface area contributed by atoms with Crippen LogP contribution in [-0.2, 0) is 61.4 Å². The van der Waals surface area contributed by atoms with Crippen molar-refractivity contribution in [3.63, 3.8) is 0 Å². The molecular weight excluding hydrogens is 616 g/mol. The maximum atomic E-state index is 12.0. The molecule has 0 amide bonds. The van der Waals surface area contributed by atoms with Crippen molar-refractivity contribution in [1.29, 1.82) is 0 Å². The fourth-order valence-corrected chi connectivity index (χ4v) is 4.74. The summed E-state index contributed by atoms with van der Waals surface area (Å²) in [7, 11) is -5.21. The molecule has 1 aromatic rings. The second-order valence-corrected chi connectivity index (χ2v) is 16.2. The van der Waals surface area contributed by atoms with Crippen LogP contribution in [0.3, 0.4) is 0 Å². The van der Waals surface area contributed by atoms with Crippen LogP contribution in [0.1, 0.15) is 0 Å². The molecule has 0 saturated heterocycles. The van der Waals surface area contributed by atoms with Crippen LogP contribution in [0, 0.1) is 0 Å². The zero-order valence-corrected chi connectivity index (χ0v) is 28.6. The maximum absolute atomic E-state index is 12.0. The van der Waals surface area contributed by atoms with Crippen LogP contribution in [0.2, 0.25) is 19.6 Å². The Hall–Kier alpha value is -1.05. The first-order valence-corrected chi connectivity index (χ1v) is 19.9. The standard InChI is InChI=1S/C29H54O13SSi/c1-44(2,3)42-28-26-40-24-22-38-20-18-36-16-14-34-12-10-32-9-11-33-13-15-35-17-19-37-21-23-39-25-27-41-43(30,31)29-7-5-4-6-8-29/h4-8H,9-28H2,1-3H3. The molecule has 15 heteroatoms. The van der Waals surface area contributed by atoms with Crippen molar-refractivity contribution < 1.29 is 59.7 Å². The van der Waals surface area contributed by atoms with Crippen LogP contribution in [0.25, 0.3) is 0 Å². The summed E-state index contributed by atoms with van der Waals surface area (Å²) in [6, 6.07) is 7.98. The fraction of sp³-hybridized carbons (Fsp3) is 0.793. The highest BCUT2D eigenvalue weighted by Crippen LogP contribution is 2.10. The molecule has 0 spiro atoms. The molecule has 0 radical (unpaired) electrons. The Morgan fingerprint density at radius 1 is 0.432 bits per heavy atom. The SMILES string of the molecule is C[Si](C)(C)OCCOCCOCCOCCOCCOCCOCCOCCOCCOCCOS(=O)(=O)c1ccccc1. The second kappa shape index (κ2) is 28.2. The third kappa shape index (κ3) is 27.3. The molecule has 0 atom stereocenters. The minimum absolute atomic E-state index is 0.0561. The molecule has 0 unspecified atom stereocenters. The van der Waals surface area contributed by atoms with Gasteiger partial charge < -0.3 is 47.1 Å². The summed E-state index contributed by atoms with van der Waals surface area (Å²) in [5.41, 5.74) is 0. The van der Waals surface area contributed by atoms with E-state index >= 15 is 0 Å². The topological polar surface area (TPSA) is 136 Å². The van der Waals surface area contributed by atoms with Gasteiger partial charge in [-0.1, -0.05) is 18.2 Å². The predicted molar refractivity (Wildman–Crippen MR) is 166 cm³/mol. The van der Waals surface area contributed by atoms with Gasteiger partial charge in [0.05, 0.1) is 137 Å². The third-order valence-electron chi connectivity index (χ3n) is 5.24. The van der Waals surface area contributed by atoms with Crippen molar-refractivity contribution in [2.75, 3.05) is 132 Å². The van der Waals surface area contributed by atoms with Crippen LogP contribution in [0.15, 0.2) is 35.2 Å². The number of rotatable bonds is 33. The van der Waals surface area contributed by atoms with Crippen molar-refractivity contribution in [2.24, 2.45) is 0 Å². The highest BCUT2D eigenvalue weighted by Gasteiger charge is 2.14. The molecule has 0 N–H and O–H groups in total. The van der Waals surface area contributed by atoms with Crippen molar-refractivity contribution >= 4 is 18.4 Å². The quantitative estimate of drug-likeness (QED) is 0.0616. The molecule has 0 fully saturated rings. The Morgan fingerprint density at radius 3 is 1.00 bits per heavy atom. The van der Waals surface area contributed by atoms with Gasteiger partial charge in [-0.05, 0) is 31.8 Å². The molecule has 13 nitrogen and oxygen atoms in total. The Bertz CT molecular complexity index is 857. The predicted octanol–water partition coefficient (Wildman–Crippen LogP) is 2.39. The molecule has 258 valence electrons. The number of benzene rings is 1. The van der Waals surface area contributed by atoms with Crippen molar-refractivity contribution in [3.05, 3.63) is 30.3 Å². The first-order valence-electron chi connectivity index (χ1n) is 15.1. The second-order valence-electron chi connectivity index (χ2n) is 10.1. The largest absolute Gasteiger partial charge is 0.415 e. The normalized spacial score (nSPS) is 12.2. The Morgan fingerprint density at radius 2 is 0.705 bits per heavy atom. The summed E-state index contributed by atoms with van der Waals surface area (Å²) >= 11 is 0. The summed E-state index contributed by atoms with van der Waals surface area (Å²) < 4.78 is 83.5. The fourth-order valence-electron chi connectivity index (χ4n) is 3.13. The lowest BCUT2D eigenvalue weighted by Gasteiger charge is -2.16. The van der Waals surface area contributed by atoms with E-state index in [0.29, 0.717) is 119 Å². The summed E-state index contributed by atoms with van der Waals surface area (Å²) in [5, 5.41) is 0. The van der Waals surface area contributed by atoms with Gasteiger partial charge >= 0.3 is 0 Å². The lowest BCUT2D eigenvalue weighted by Crippen LogP contribution is -2.27. The average Bonchev–Trinajstić information content (AvgIpc) is 2.99. The van der Waals surface area contributed by atoms with E-state index in [1.54, 1.807) is 18.2 Å². The van der Waals surface area contributed by atoms with E-state index in [9.17, 15) is 8.42 Å². The van der Waals surface area contributed by atoms with Crippen LogP contribution < -0.4 is 0 Å². The van der Waals surface area contributed by atoms with Gasteiger partial charge in [0, 0.05) is 0 Å². The number of hydrogen-bond donors (Lipinski definition) is 0. The van der Waals surface area contributed by atoms with Crippen LogP contribution in [-0.4, -0.2) is 149 Å². The molecular formula is C29H54O13SSi. The van der Waals surface area contributed by atoms with E-state index in [1.165, 1.54) is 12.1 Å². The van der Waals surface area contributed by atoms with Gasteiger partial charge in [0.15, 0.2) is 8.32 Å². The summed E-state index contributed by atoms with van der Waals surface area (Å²) in [4.78, 5) is 0.122. The smallest absolute Gasteiger partial charge is 0.297 e.